The Morgan fingerprint density at radius 3 is 1.24 bits per heavy atom. The van der Waals surface area contributed by atoms with Crippen molar-refractivity contribution in [3.05, 3.63) is 13.8 Å². The summed E-state index contributed by atoms with van der Waals surface area (Å²) in [6, 6.07) is 0. The van der Waals surface area contributed by atoms with E-state index in [1.807, 2.05) is 0 Å². The quantitative estimate of drug-likeness (QED) is 0.257. The zero-order valence-electron chi connectivity index (χ0n) is 11.1. The van der Waals surface area contributed by atoms with Gasteiger partial charge in [-0.2, -0.15) is 0 Å². The molecular weight excluding hydrogens is 260 g/mol. The zero-order valence-corrected chi connectivity index (χ0v) is 12.6. The first kappa shape index (κ1) is 30.3. The van der Waals surface area contributed by atoms with E-state index >= 15 is 0 Å². The topological polar surface area (TPSA) is 90.3 Å². The molecular formula is C11H26O5Ti. The first-order valence-corrected chi connectivity index (χ1v) is 5.05. The van der Waals surface area contributed by atoms with Gasteiger partial charge in [-0.3, -0.25) is 0 Å². The van der Waals surface area contributed by atoms with Crippen molar-refractivity contribution in [1.82, 2.24) is 0 Å². The third-order valence-electron chi connectivity index (χ3n) is 0.402. The Bertz CT molecular complexity index is 85.2. The van der Waals surface area contributed by atoms with Gasteiger partial charge in [0.25, 0.3) is 0 Å². The molecule has 1 fully saturated rings. The largest absolute Gasteiger partial charge is 2.00 e. The maximum Gasteiger partial charge on any atom is 2.00 e. The molecule has 1 heterocycles. The molecule has 0 aromatic carbocycles. The van der Waals surface area contributed by atoms with E-state index in [0.29, 0.717) is 12.4 Å². The monoisotopic (exact) mass is 286 g/mol. The SMILES string of the molecule is CCO.CCO.CCO.[CH2-]C1CO1.[CH2-]C=O.[Ti+2]. The van der Waals surface area contributed by atoms with Gasteiger partial charge in [0.1, 0.15) is 0 Å². The number of aldehydes is 1. The Morgan fingerprint density at radius 2 is 1.24 bits per heavy atom. The normalized spacial score (nSPS) is 13.2. The summed E-state index contributed by atoms with van der Waals surface area (Å²) in [6.07, 6.45) is 0.833. The standard InChI is InChI=1S/C3H5O.3C2H6O.C2H3O.Ti/c1-3-2-4-3;4*1-2-3;/h3H,1-2H2;3*3H,2H2,1H3;2H,1H2;/q-1;;;;-1;+2. The molecule has 1 rings (SSSR count). The Kier molecular flexibility index (Phi) is 78.9. The number of hydrogen-bond acceptors (Lipinski definition) is 5. The van der Waals surface area contributed by atoms with Gasteiger partial charge in [-0.15, -0.1) is 0 Å². The van der Waals surface area contributed by atoms with Gasteiger partial charge in [0.05, 0.1) is 0 Å². The maximum absolute atomic E-state index is 8.69. The average molecular weight is 286 g/mol. The Balaban J connectivity index is -0.0000000352. The van der Waals surface area contributed by atoms with Gasteiger partial charge < -0.3 is 38.7 Å². The van der Waals surface area contributed by atoms with Gasteiger partial charge in [-0.05, 0) is 33.2 Å². The molecule has 5 nitrogen and oxygen atoms in total. The molecule has 0 spiro atoms. The third-order valence-corrected chi connectivity index (χ3v) is 0.402. The average Bonchev–Trinajstić information content (AvgIpc) is 2.93. The minimum atomic E-state index is 0. The van der Waals surface area contributed by atoms with Crippen LogP contribution in [0.25, 0.3) is 0 Å². The van der Waals surface area contributed by atoms with Crippen LogP contribution in [0.4, 0.5) is 0 Å². The summed E-state index contributed by atoms with van der Waals surface area (Å²) >= 11 is 0. The van der Waals surface area contributed by atoms with Crippen LogP contribution in [0, 0.1) is 13.8 Å². The van der Waals surface area contributed by atoms with Crippen molar-refractivity contribution in [2.24, 2.45) is 0 Å². The smallest absolute Gasteiger partial charge is 0.408 e. The first-order chi connectivity index (χ1) is 7.55. The second-order valence-corrected chi connectivity index (χ2v) is 2.07. The Hall–Kier alpha value is 0.0943. The van der Waals surface area contributed by atoms with Gasteiger partial charge in [0, 0.05) is 26.4 Å². The number of carbonyl (C=O) groups excluding carboxylic acids is 1. The van der Waals surface area contributed by atoms with Gasteiger partial charge in [-0.1, -0.05) is 0 Å². The van der Waals surface area contributed by atoms with Crippen LogP contribution in [-0.4, -0.2) is 54.1 Å². The predicted octanol–water partition coefficient (Wildman–Crippen LogP) is 0.232. The number of aliphatic hydroxyl groups excluding tert-OH is 3. The molecule has 0 aliphatic carbocycles. The molecule has 0 aromatic heterocycles. The molecule has 0 bridgehead atoms. The molecule has 0 amide bonds. The summed E-state index contributed by atoms with van der Waals surface area (Å²) in [7, 11) is 0. The van der Waals surface area contributed by atoms with Crippen molar-refractivity contribution in [3.8, 4) is 0 Å². The fourth-order valence-electron chi connectivity index (χ4n) is 0.0680. The van der Waals surface area contributed by atoms with Crippen LogP contribution in [0.15, 0.2) is 0 Å². The summed E-state index contributed by atoms with van der Waals surface area (Å²) in [5.41, 5.74) is 0. The summed E-state index contributed by atoms with van der Waals surface area (Å²) in [6.45, 7) is 13.0. The molecule has 0 saturated carbocycles. The molecule has 1 aliphatic heterocycles. The summed E-state index contributed by atoms with van der Waals surface area (Å²) in [4.78, 5) is 8.69. The van der Waals surface area contributed by atoms with Crippen LogP contribution in [0.5, 0.6) is 0 Å². The molecule has 17 heavy (non-hydrogen) atoms. The van der Waals surface area contributed by atoms with Crippen molar-refractivity contribution < 1.29 is 46.6 Å². The molecule has 0 aromatic rings. The predicted molar refractivity (Wildman–Crippen MR) is 64.8 cm³/mol. The summed E-state index contributed by atoms with van der Waals surface area (Å²) < 4.78 is 4.60. The number of carbonyl (C=O) groups is 1. The van der Waals surface area contributed by atoms with Crippen LogP contribution in [0.2, 0.25) is 0 Å². The second-order valence-electron chi connectivity index (χ2n) is 2.07. The van der Waals surface area contributed by atoms with E-state index < -0.39 is 0 Å². The number of ether oxygens (including phenoxy) is 1. The van der Waals surface area contributed by atoms with Crippen LogP contribution in [0.3, 0.4) is 0 Å². The Morgan fingerprint density at radius 1 is 1.18 bits per heavy atom. The van der Waals surface area contributed by atoms with Crippen LogP contribution in [0.1, 0.15) is 20.8 Å². The van der Waals surface area contributed by atoms with E-state index in [1.165, 1.54) is 0 Å². The number of hydrogen-bond donors (Lipinski definition) is 3. The molecule has 1 unspecified atom stereocenters. The van der Waals surface area contributed by atoms with Gasteiger partial charge in [0.2, 0.25) is 0 Å². The summed E-state index contributed by atoms with van der Waals surface area (Å²) in [5, 5.41) is 22.7. The molecule has 3 N–H and O–H groups in total. The van der Waals surface area contributed by atoms with Crippen molar-refractivity contribution in [2.45, 2.75) is 26.9 Å². The molecule has 0 radical (unpaired) electrons. The fourth-order valence-corrected chi connectivity index (χ4v) is 0.0680. The van der Waals surface area contributed by atoms with E-state index in [4.69, 9.17) is 20.1 Å². The molecule has 6 heteroatoms. The van der Waals surface area contributed by atoms with Gasteiger partial charge in [0.15, 0.2) is 0 Å². The van der Waals surface area contributed by atoms with Crippen molar-refractivity contribution in [2.75, 3.05) is 26.4 Å². The summed E-state index contributed by atoms with van der Waals surface area (Å²) in [5.74, 6) is 0. The number of rotatable bonds is 0. The first-order valence-electron chi connectivity index (χ1n) is 5.05. The minimum Gasteiger partial charge on any atom is -0.408 e. The minimum absolute atomic E-state index is 0. The van der Waals surface area contributed by atoms with Crippen LogP contribution in [-0.2, 0) is 31.2 Å². The van der Waals surface area contributed by atoms with Gasteiger partial charge >= 0.3 is 21.7 Å². The van der Waals surface area contributed by atoms with E-state index in [9.17, 15) is 0 Å². The Labute approximate surface area is 120 Å². The van der Waals surface area contributed by atoms with E-state index in [2.05, 4.69) is 18.6 Å². The van der Waals surface area contributed by atoms with Crippen LogP contribution < -0.4 is 0 Å². The zero-order chi connectivity index (χ0) is 13.8. The third kappa shape index (κ3) is 334. The van der Waals surface area contributed by atoms with E-state index in [-0.39, 0.29) is 41.5 Å². The molecule has 1 atom stereocenters. The maximum atomic E-state index is 8.69. The van der Waals surface area contributed by atoms with Crippen molar-refractivity contribution in [1.29, 1.82) is 0 Å². The number of epoxide rings is 1. The number of aliphatic hydroxyl groups is 3. The van der Waals surface area contributed by atoms with E-state index in [0.717, 1.165) is 6.61 Å². The van der Waals surface area contributed by atoms with Gasteiger partial charge in [-0.25, -0.2) is 0 Å². The second kappa shape index (κ2) is 44.3. The van der Waals surface area contributed by atoms with Crippen LogP contribution >= 0.6 is 0 Å². The molecule has 104 valence electrons. The van der Waals surface area contributed by atoms with Crippen molar-refractivity contribution >= 4 is 6.29 Å². The molecule has 1 aliphatic rings. The fraction of sp³-hybridized carbons (Fsp3) is 0.727. The van der Waals surface area contributed by atoms with Crippen molar-refractivity contribution in [3.63, 3.8) is 0 Å². The van der Waals surface area contributed by atoms with E-state index in [1.54, 1.807) is 20.8 Å². The molecule has 1 saturated heterocycles.